The smallest absolute Gasteiger partial charge is 0.351 e. The number of hydrogen-bond donors (Lipinski definition) is 0. The van der Waals surface area contributed by atoms with Gasteiger partial charge in [0, 0.05) is 10.9 Å². The summed E-state index contributed by atoms with van der Waals surface area (Å²) in [6, 6.07) is 12.7. The fourth-order valence-corrected chi connectivity index (χ4v) is 2.49. The Kier molecular flexibility index (Phi) is 5.21. The van der Waals surface area contributed by atoms with Gasteiger partial charge < -0.3 is 18.6 Å². The maximum Gasteiger partial charge on any atom is 0.351 e. The summed E-state index contributed by atoms with van der Waals surface area (Å²) in [7, 11) is 2.96. The highest BCUT2D eigenvalue weighted by Crippen LogP contribution is 2.24. The molecular formula is C20H16O7. The van der Waals surface area contributed by atoms with Crippen LogP contribution in [0, 0.1) is 0 Å². The molecule has 0 radical (unpaired) electrons. The summed E-state index contributed by atoms with van der Waals surface area (Å²) in [5, 5.41) is 0.502. The number of para-hydroxylation sites is 1. The van der Waals surface area contributed by atoms with Crippen LogP contribution in [-0.4, -0.2) is 32.6 Å². The Morgan fingerprint density at radius 3 is 2.41 bits per heavy atom. The number of esters is 1. The van der Waals surface area contributed by atoms with Crippen LogP contribution in [0.15, 0.2) is 57.7 Å². The molecule has 2 aromatic carbocycles. The zero-order valence-corrected chi connectivity index (χ0v) is 14.7. The first-order chi connectivity index (χ1) is 13.0. The van der Waals surface area contributed by atoms with E-state index in [1.807, 2.05) is 0 Å². The van der Waals surface area contributed by atoms with E-state index in [1.165, 1.54) is 20.3 Å². The van der Waals surface area contributed by atoms with Crippen LogP contribution < -0.4 is 15.1 Å². The number of ketones is 1. The standard InChI is InChI=1S/C20H16O7/c1-24-14-8-6-12(7-9-14)16(21)11-26-19(22)15-10-13-4-3-5-17(25-2)18(13)27-20(15)23/h3-10H,11H2,1-2H3. The van der Waals surface area contributed by atoms with E-state index in [9.17, 15) is 14.4 Å². The number of benzene rings is 2. The second-order valence-corrected chi connectivity index (χ2v) is 5.55. The van der Waals surface area contributed by atoms with E-state index in [1.54, 1.807) is 42.5 Å². The zero-order valence-electron chi connectivity index (χ0n) is 14.7. The molecule has 1 heterocycles. The van der Waals surface area contributed by atoms with Crippen LogP contribution in [0.4, 0.5) is 0 Å². The summed E-state index contributed by atoms with van der Waals surface area (Å²) in [6.45, 7) is -0.499. The van der Waals surface area contributed by atoms with E-state index in [0.29, 0.717) is 22.4 Å². The van der Waals surface area contributed by atoms with Crippen LogP contribution in [0.3, 0.4) is 0 Å². The fraction of sp³-hybridized carbons (Fsp3) is 0.150. The third kappa shape index (κ3) is 3.82. The molecule has 0 saturated carbocycles. The van der Waals surface area contributed by atoms with Gasteiger partial charge in [0.1, 0.15) is 11.3 Å². The van der Waals surface area contributed by atoms with Gasteiger partial charge in [-0.1, -0.05) is 12.1 Å². The van der Waals surface area contributed by atoms with E-state index >= 15 is 0 Å². The van der Waals surface area contributed by atoms with Crippen molar-refractivity contribution in [1.82, 2.24) is 0 Å². The van der Waals surface area contributed by atoms with Crippen molar-refractivity contribution < 1.29 is 28.2 Å². The van der Waals surface area contributed by atoms with Crippen LogP contribution in [0.5, 0.6) is 11.5 Å². The second-order valence-electron chi connectivity index (χ2n) is 5.55. The molecule has 7 nitrogen and oxygen atoms in total. The normalized spacial score (nSPS) is 10.4. The highest BCUT2D eigenvalue weighted by molar-refractivity contribution is 6.00. The average molecular weight is 368 g/mol. The van der Waals surface area contributed by atoms with Crippen molar-refractivity contribution in [2.45, 2.75) is 0 Å². The maximum atomic E-state index is 12.2. The molecule has 0 atom stereocenters. The molecule has 0 aliphatic rings. The van der Waals surface area contributed by atoms with E-state index < -0.39 is 24.0 Å². The fourth-order valence-electron chi connectivity index (χ4n) is 2.49. The molecule has 3 aromatic rings. The lowest BCUT2D eigenvalue weighted by Crippen LogP contribution is -2.20. The first-order valence-corrected chi connectivity index (χ1v) is 7.98. The summed E-state index contributed by atoms with van der Waals surface area (Å²) in [4.78, 5) is 36.4. The molecule has 27 heavy (non-hydrogen) atoms. The van der Waals surface area contributed by atoms with Crippen molar-refractivity contribution in [2.75, 3.05) is 20.8 Å². The largest absolute Gasteiger partial charge is 0.497 e. The first kappa shape index (κ1) is 18.2. The Hall–Kier alpha value is -3.61. The van der Waals surface area contributed by atoms with Gasteiger partial charge in [0.05, 0.1) is 14.2 Å². The number of ether oxygens (including phenoxy) is 3. The molecule has 0 amide bonds. The topological polar surface area (TPSA) is 92.0 Å². The minimum absolute atomic E-state index is 0.232. The Balaban J connectivity index is 1.76. The van der Waals surface area contributed by atoms with Gasteiger partial charge in [0.25, 0.3) is 0 Å². The molecule has 3 rings (SSSR count). The molecule has 1 aromatic heterocycles. The zero-order chi connectivity index (χ0) is 19.4. The second kappa shape index (κ2) is 7.74. The molecule has 0 aliphatic carbocycles. The highest BCUT2D eigenvalue weighted by Gasteiger charge is 2.18. The molecule has 0 fully saturated rings. The summed E-state index contributed by atoms with van der Waals surface area (Å²) < 4.78 is 20.3. The Bertz CT molecular complexity index is 1050. The van der Waals surface area contributed by atoms with E-state index in [2.05, 4.69) is 0 Å². The molecule has 0 aliphatic heterocycles. The van der Waals surface area contributed by atoms with Crippen molar-refractivity contribution in [3.63, 3.8) is 0 Å². The number of methoxy groups -OCH3 is 2. The predicted octanol–water partition coefficient (Wildman–Crippen LogP) is 2.85. The first-order valence-electron chi connectivity index (χ1n) is 7.98. The van der Waals surface area contributed by atoms with E-state index in [-0.39, 0.29) is 11.1 Å². The molecule has 138 valence electrons. The van der Waals surface area contributed by atoms with Gasteiger partial charge in [-0.2, -0.15) is 0 Å². The highest BCUT2D eigenvalue weighted by atomic mass is 16.5. The maximum absolute atomic E-state index is 12.2. The van der Waals surface area contributed by atoms with Gasteiger partial charge in [0.2, 0.25) is 0 Å². The van der Waals surface area contributed by atoms with Crippen molar-refractivity contribution in [1.29, 1.82) is 0 Å². The molecule has 0 unspecified atom stereocenters. The van der Waals surface area contributed by atoms with Crippen molar-refractivity contribution >= 4 is 22.7 Å². The third-order valence-corrected chi connectivity index (χ3v) is 3.91. The summed E-state index contributed by atoms with van der Waals surface area (Å²) >= 11 is 0. The summed E-state index contributed by atoms with van der Waals surface area (Å²) in [6.07, 6.45) is 0. The summed E-state index contributed by atoms with van der Waals surface area (Å²) in [5.74, 6) is -0.361. The Labute approximate surface area is 154 Å². The lowest BCUT2D eigenvalue weighted by Gasteiger charge is -2.07. The molecular weight excluding hydrogens is 352 g/mol. The molecule has 7 heteroatoms. The van der Waals surface area contributed by atoms with Crippen LogP contribution in [0.2, 0.25) is 0 Å². The minimum Gasteiger partial charge on any atom is -0.497 e. The number of fused-ring (bicyclic) bond motifs is 1. The van der Waals surface area contributed by atoms with Crippen molar-refractivity contribution in [3.05, 3.63) is 70.1 Å². The van der Waals surface area contributed by atoms with Gasteiger partial charge in [-0.3, -0.25) is 4.79 Å². The Morgan fingerprint density at radius 1 is 1.00 bits per heavy atom. The van der Waals surface area contributed by atoms with Gasteiger partial charge in [0.15, 0.2) is 23.7 Å². The molecule has 0 N–H and O–H groups in total. The van der Waals surface area contributed by atoms with Gasteiger partial charge in [-0.15, -0.1) is 0 Å². The number of hydrogen-bond acceptors (Lipinski definition) is 7. The monoisotopic (exact) mass is 368 g/mol. The predicted molar refractivity (Wildman–Crippen MR) is 96.6 cm³/mol. The average Bonchev–Trinajstić information content (AvgIpc) is 2.70. The molecule has 0 bridgehead atoms. The number of carbonyl (C=O) groups is 2. The molecule has 0 saturated heterocycles. The minimum atomic E-state index is -0.935. The van der Waals surface area contributed by atoms with Gasteiger partial charge in [-0.25, -0.2) is 9.59 Å². The molecule has 0 spiro atoms. The lowest BCUT2D eigenvalue weighted by atomic mass is 10.1. The van der Waals surface area contributed by atoms with E-state index in [0.717, 1.165) is 0 Å². The van der Waals surface area contributed by atoms with Gasteiger partial charge in [-0.05, 0) is 36.4 Å². The van der Waals surface area contributed by atoms with Crippen molar-refractivity contribution in [2.24, 2.45) is 0 Å². The lowest BCUT2D eigenvalue weighted by molar-refractivity contribution is 0.0470. The third-order valence-electron chi connectivity index (χ3n) is 3.91. The number of carbonyl (C=O) groups excluding carboxylic acids is 2. The SMILES string of the molecule is COc1ccc(C(=O)COC(=O)c2cc3cccc(OC)c3oc2=O)cc1. The number of rotatable bonds is 6. The van der Waals surface area contributed by atoms with Crippen LogP contribution in [-0.2, 0) is 4.74 Å². The number of Topliss-reactive ketones (excluding diaryl/α,β-unsaturated/α-hetero) is 1. The van der Waals surface area contributed by atoms with Gasteiger partial charge >= 0.3 is 11.6 Å². The quantitative estimate of drug-likeness (QED) is 0.375. The van der Waals surface area contributed by atoms with Crippen LogP contribution in [0.1, 0.15) is 20.7 Å². The van der Waals surface area contributed by atoms with E-state index in [4.69, 9.17) is 18.6 Å². The Morgan fingerprint density at radius 2 is 1.74 bits per heavy atom. The summed E-state index contributed by atoms with van der Waals surface area (Å²) in [5.41, 5.74) is -0.568. The van der Waals surface area contributed by atoms with Crippen LogP contribution >= 0.6 is 0 Å². The van der Waals surface area contributed by atoms with Crippen LogP contribution in [0.25, 0.3) is 11.0 Å². The van der Waals surface area contributed by atoms with Crippen molar-refractivity contribution in [3.8, 4) is 11.5 Å².